The maximum absolute atomic E-state index is 12.4. The number of aromatic amines is 1. The monoisotopic (exact) mass is 483 g/mol. The highest BCUT2D eigenvalue weighted by Crippen LogP contribution is 2.31. The first kappa shape index (κ1) is 21.3. The van der Waals surface area contributed by atoms with Crippen molar-refractivity contribution >= 4 is 73.6 Å². The number of amides is 2. The lowest BCUT2D eigenvalue weighted by Crippen LogP contribution is -2.29. The normalized spacial score (nSPS) is 13.8. The molecular formula is C22H21N5O2S3. The number of imidazole rings is 1. The maximum Gasteiger partial charge on any atom is 0.234 e. The molecule has 0 saturated carbocycles. The van der Waals surface area contributed by atoms with E-state index < -0.39 is 0 Å². The van der Waals surface area contributed by atoms with Gasteiger partial charge in [-0.15, -0.1) is 11.3 Å². The van der Waals surface area contributed by atoms with E-state index in [1.54, 1.807) is 11.3 Å². The van der Waals surface area contributed by atoms with Crippen LogP contribution >= 0.6 is 34.9 Å². The Bertz CT molecular complexity index is 1250. The van der Waals surface area contributed by atoms with Crippen LogP contribution < -0.4 is 5.32 Å². The van der Waals surface area contributed by atoms with E-state index in [1.165, 1.54) is 23.5 Å². The molecular weight excluding hydrogens is 462 g/mol. The van der Waals surface area contributed by atoms with Crippen LogP contribution in [0.15, 0.2) is 52.0 Å². The Morgan fingerprint density at radius 3 is 2.72 bits per heavy atom. The molecule has 0 radical (unpaired) electrons. The summed E-state index contributed by atoms with van der Waals surface area (Å²) in [5.74, 6) is 0.773. The molecule has 1 fully saturated rings. The fraction of sp³-hybridized carbons (Fsp3) is 0.273. The van der Waals surface area contributed by atoms with Gasteiger partial charge in [-0.3, -0.25) is 9.59 Å². The second-order valence-corrected chi connectivity index (χ2v) is 10.7. The van der Waals surface area contributed by atoms with Crippen LogP contribution in [-0.4, -0.2) is 56.3 Å². The number of anilines is 1. The number of rotatable bonds is 7. The lowest BCUT2D eigenvalue weighted by Gasteiger charge is -2.13. The first-order valence-corrected chi connectivity index (χ1v) is 13.1. The molecule has 3 heterocycles. The first-order chi connectivity index (χ1) is 15.6. The average molecular weight is 484 g/mol. The summed E-state index contributed by atoms with van der Waals surface area (Å²) in [7, 11) is 0. The van der Waals surface area contributed by atoms with E-state index >= 15 is 0 Å². The number of aromatic nitrogens is 3. The van der Waals surface area contributed by atoms with Crippen molar-refractivity contribution in [1.29, 1.82) is 0 Å². The minimum Gasteiger partial charge on any atom is -0.342 e. The van der Waals surface area contributed by atoms with Gasteiger partial charge >= 0.3 is 0 Å². The minimum atomic E-state index is -0.0925. The highest BCUT2D eigenvalue weighted by atomic mass is 32.2. The Balaban J connectivity index is 1.17. The number of carbonyl (C=O) groups is 2. The molecule has 0 bridgehead atoms. The smallest absolute Gasteiger partial charge is 0.234 e. The van der Waals surface area contributed by atoms with Crippen molar-refractivity contribution in [2.24, 2.45) is 0 Å². The van der Waals surface area contributed by atoms with E-state index in [9.17, 15) is 9.59 Å². The van der Waals surface area contributed by atoms with Crippen molar-refractivity contribution in [3.8, 4) is 0 Å². The Hall–Kier alpha value is -2.56. The number of hydrogen-bond acceptors (Lipinski definition) is 7. The lowest BCUT2D eigenvalue weighted by molar-refractivity contribution is -0.127. The number of thioether (sulfide) groups is 2. The van der Waals surface area contributed by atoms with E-state index in [-0.39, 0.29) is 17.6 Å². The molecule has 4 aromatic rings. The molecule has 32 heavy (non-hydrogen) atoms. The summed E-state index contributed by atoms with van der Waals surface area (Å²) >= 11 is 4.40. The van der Waals surface area contributed by atoms with Crippen LogP contribution in [0.5, 0.6) is 0 Å². The summed E-state index contributed by atoms with van der Waals surface area (Å²) in [5.41, 5.74) is 3.46. The minimum absolute atomic E-state index is 0.0925. The number of nitrogens with zero attached hydrogens (tertiary/aromatic N) is 3. The molecule has 0 atom stereocenters. The number of benzene rings is 2. The number of carbonyl (C=O) groups excluding carboxylic acids is 2. The molecule has 164 valence electrons. The molecule has 2 aromatic heterocycles. The molecule has 1 saturated heterocycles. The van der Waals surface area contributed by atoms with Gasteiger partial charge in [0.1, 0.15) is 0 Å². The van der Waals surface area contributed by atoms with E-state index in [4.69, 9.17) is 0 Å². The molecule has 2 N–H and O–H groups in total. The highest BCUT2D eigenvalue weighted by Gasteiger charge is 2.18. The van der Waals surface area contributed by atoms with Gasteiger partial charge in [-0.2, -0.15) is 0 Å². The van der Waals surface area contributed by atoms with Gasteiger partial charge in [0, 0.05) is 18.8 Å². The van der Waals surface area contributed by atoms with Crippen molar-refractivity contribution < 1.29 is 9.59 Å². The molecule has 5 rings (SSSR count). The van der Waals surface area contributed by atoms with Crippen molar-refractivity contribution in [3.05, 3.63) is 42.5 Å². The maximum atomic E-state index is 12.4. The van der Waals surface area contributed by atoms with Crippen LogP contribution in [0.2, 0.25) is 0 Å². The third-order valence-corrected chi connectivity index (χ3v) is 8.16. The number of fused-ring (bicyclic) bond motifs is 2. The van der Waals surface area contributed by atoms with E-state index in [1.807, 2.05) is 47.4 Å². The molecule has 10 heteroatoms. The standard InChI is InChI=1S/C22H21N5O2S3/c28-19(12-30-21-24-15-5-1-2-6-16(15)25-21)23-14-7-8-17-18(11-14)32-22(26-17)31-13-20(29)27-9-3-4-10-27/h1-2,5-8,11H,3-4,9-10,12-13H2,(H,23,28)(H,24,25). The zero-order valence-corrected chi connectivity index (χ0v) is 19.6. The number of thiazole rings is 1. The lowest BCUT2D eigenvalue weighted by atomic mass is 10.3. The Morgan fingerprint density at radius 2 is 1.88 bits per heavy atom. The average Bonchev–Trinajstić information content (AvgIpc) is 3.54. The number of H-pyrrole nitrogens is 1. The quantitative estimate of drug-likeness (QED) is 0.373. The largest absolute Gasteiger partial charge is 0.342 e. The summed E-state index contributed by atoms with van der Waals surface area (Å²) in [6, 6.07) is 13.5. The van der Waals surface area contributed by atoms with Gasteiger partial charge < -0.3 is 15.2 Å². The molecule has 1 aliphatic rings. The molecule has 0 unspecified atom stereocenters. The van der Waals surface area contributed by atoms with Crippen molar-refractivity contribution in [2.45, 2.75) is 22.3 Å². The Labute approximate surface area is 197 Å². The number of para-hydroxylation sites is 2. The van der Waals surface area contributed by atoms with Gasteiger partial charge in [-0.1, -0.05) is 35.7 Å². The number of hydrogen-bond donors (Lipinski definition) is 2. The van der Waals surface area contributed by atoms with Crippen molar-refractivity contribution in [3.63, 3.8) is 0 Å². The van der Waals surface area contributed by atoms with E-state index in [0.29, 0.717) is 5.75 Å². The Morgan fingerprint density at radius 1 is 1.03 bits per heavy atom. The van der Waals surface area contributed by atoms with E-state index in [0.717, 1.165) is 62.4 Å². The molecule has 1 aliphatic heterocycles. The van der Waals surface area contributed by atoms with Crippen LogP contribution in [-0.2, 0) is 9.59 Å². The topological polar surface area (TPSA) is 91.0 Å². The van der Waals surface area contributed by atoms with E-state index in [2.05, 4.69) is 20.3 Å². The van der Waals surface area contributed by atoms with Gasteiger partial charge in [0.15, 0.2) is 9.50 Å². The second-order valence-electron chi connectivity index (χ2n) is 7.43. The summed E-state index contributed by atoms with van der Waals surface area (Å²) in [5, 5.41) is 3.67. The third kappa shape index (κ3) is 4.92. The molecule has 0 spiro atoms. The summed E-state index contributed by atoms with van der Waals surface area (Å²) in [6.45, 7) is 1.74. The van der Waals surface area contributed by atoms with Gasteiger partial charge in [-0.25, -0.2) is 9.97 Å². The fourth-order valence-electron chi connectivity index (χ4n) is 3.55. The highest BCUT2D eigenvalue weighted by molar-refractivity contribution is 8.01. The predicted molar refractivity (Wildman–Crippen MR) is 132 cm³/mol. The van der Waals surface area contributed by atoms with Gasteiger partial charge in [0.05, 0.1) is 32.8 Å². The van der Waals surface area contributed by atoms with Gasteiger partial charge in [-0.05, 0) is 43.2 Å². The molecule has 2 aromatic carbocycles. The predicted octanol–water partition coefficient (Wildman–Crippen LogP) is 4.62. The zero-order chi connectivity index (χ0) is 21.9. The van der Waals surface area contributed by atoms with Crippen LogP contribution in [0, 0.1) is 0 Å². The Kier molecular flexibility index (Phi) is 6.33. The van der Waals surface area contributed by atoms with Crippen molar-refractivity contribution in [2.75, 3.05) is 29.9 Å². The third-order valence-electron chi connectivity index (χ3n) is 5.14. The van der Waals surface area contributed by atoms with Gasteiger partial charge in [0.25, 0.3) is 0 Å². The molecule has 7 nitrogen and oxygen atoms in total. The van der Waals surface area contributed by atoms with Crippen LogP contribution in [0.25, 0.3) is 21.3 Å². The van der Waals surface area contributed by atoms with Crippen LogP contribution in [0.3, 0.4) is 0 Å². The summed E-state index contributed by atoms with van der Waals surface area (Å²) in [6.07, 6.45) is 2.20. The first-order valence-electron chi connectivity index (χ1n) is 10.3. The number of likely N-dealkylation sites (tertiary alicyclic amines) is 1. The second kappa shape index (κ2) is 9.51. The van der Waals surface area contributed by atoms with Gasteiger partial charge in [0.2, 0.25) is 11.8 Å². The van der Waals surface area contributed by atoms with Crippen molar-refractivity contribution in [1.82, 2.24) is 19.9 Å². The van der Waals surface area contributed by atoms with Crippen LogP contribution in [0.1, 0.15) is 12.8 Å². The zero-order valence-electron chi connectivity index (χ0n) is 17.2. The summed E-state index contributed by atoms with van der Waals surface area (Å²) in [4.78, 5) is 38.9. The fourth-order valence-corrected chi connectivity index (χ4v) is 6.25. The number of nitrogens with one attached hydrogen (secondary N) is 2. The molecule has 0 aliphatic carbocycles. The van der Waals surface area contributed by atoms with Crippen LogP contribution in [0.4, 0.5) is 5.69 Å². The molecule has 2 amide bonds. The summed E-state index contributed by atoms with van der Waals surface area (Å²) < 4.78 is 1.86. The SMILES string of the molecule is O=C(CSc1nc2ccccc2[nH]1)Nc1ccc2nc(SCC(=O)N3CCCC3)sc2c1.